The summed E-state index contributed by atoms with van der Waals surface area (Å²) in [6.45, 7) is 9.06. The number of guanidine groups is 1. The first-order chi connectivity index (χ1) is 13.8. The van der Waals surface area contributed by atoms with E-state index in [1.165, 1.54) is 11.1 Å². The maximum Gasteiger partial charge on any atom is 0.243 e. The fourth-order valence-electron chi connectivity index (χ4n) is 4.22. The second-order valence-electron chi connectivity index (χ2n) is 9.08. The molecule has 1 aliphatic carbocycles. The molecule has 0 saturated carbocycles. The lowest BCUT2D eigenvalue weighted by molar-refractivity contribution is -0.127. The number of aliphatic imine (C=N–C) groups is 1. The van der Waals surface area contributed by atoms with Crippen molar-refractivity contribution in [1.82, 2.24) is 20.4 Å². The summed E-state index contributed by atoms with van der Waals surface area (Å²) in [5.41, 5.74) is 2.87. The average Bonchev–Trinajstić information content (AvgIpc) is 3.06. The largest absolute Gasteiger partial charge is 0.353 e. The van der Waals surface area contributed by atoms with Crippen LogP contribution in [0.3, 0.4) is 0 Å². The van der Waals surface area contributed by atoms with Crippen molar-refractivity contribution in [3.8, 4) is 0 Å². The zero-order chi connectivity index (χ0) is 21.0. The first-order valence-electron chi connectivity index (χ1n) is 10.9. The van der Waals surface area contributed by atoms with Gasteiger partial charge in [0.1, 0.15) is 6.54 Å². The van der Waals surface area contributed by atoms with Crippen LogP contribution in [0.1, 0.15) is 38.3 Å². The van der Waals surface area contributed by atoms with Crippen molar-refractivity contribution in [2.75, 3.05) is 33.7 Å². The molecular formula is C23H37N5O. The minimum Gasteiger partial charge on any atom is -0.353 e. The van der Waals surface area contributed by atoms with Gasteiger partial charge in [-0.25, -0.2) is 4.99 Å². The quantitative estimate of drug-likeness (QED) is 0.586. The standard InChI is InChI=1S/C23H37N5O/c1-16(2)28-14-17(3)21(15-28)26-23(24-13-22(29)27(4)5)25-20-11-10-18-8-6-7-9-19(18)12-20/h6-9,16-17,20-21H,10-15H2,1-5H3,(H2,24,25,26). The fourth-order valence-corrected chi connectivity index (χ4v) is 4.22. The van der Waals surface area contributed by atoms with Gasteiger partial charge in [0, 0.05) is 45.3 Å². The van der Waals surface area contributed by atoms with E-state index in [0.29, 0.717) is 24.0 Å². The van der Waals surface area contributed by atoms with Crippen LogP contribution < -0.4 is 10.6 Å². The number of amides is 1. The molecule has 1 aromatic rings. The average molecular weight is 400 g/mol. The molecule has 1 aliphatic heterocycles. The van der Waals surface area contributed by atoms with Gasteiger partial charge in [0.2, 0.25) is 5.91 Å². The summed E-state index contributed by atoms with van der Waals surface area (Å²) in [6.07, 6.45) is 3.16. The molecule has 1 saturated heterocycles. The van der Waals surface area contributed by atoms with Crippen LogP contribution in [-0.2, 0) is 17.6 Å². The van der Waals surface area contributed by atoms with Crippen LogP contribution in [0.25, 0.3) is 0 Å². The van der Waals surface area contributed by atoms with Crippen molar-refractivity contribution in [3.05, 3.63) is 35.4 Å². The normalized spacial score (nSPS) is 25.0. The van der Waals surface area contributed by atoms with Gasteiger partial charge in [-0.1, -0.05) is 31.2 Å². The van der Waals surface area contributed by atoms with Crippen LogP contribution in [0, 0.1) is 5.92 Å². The SMILES string of the molecule is CC1CN(C(C)C)CC1NC(=NCC(=O)N(C)C)NC1CCc2ccccc2C1. The lowest BCUT2D eigenvalue weighted by Crippen LogP contribution is -2.51. The molecule has 1 amide bonds. The number of benzene rings is 1. The second kappa shape index (κ2) is 9.61. The Kier molecular flexibility index (Phi) is 7.17. The van der Waals surface area contributed by atoms with Gasteiger partial charge in [-0.05, 0) is 50.2 Å². The second-order valence-corrected chi connectivity index (χ2v) is 9.08. The molecule has 3 atom stereocenters. The molecule has 6 nitrogen and oxygen atoms in total. The molecule has 6 heteroatoms. The van der Waals surface area contributed by atoms with Crippen LogP contribution in [-0.4, -0.2) is 73.5 Å². The number of carbonyl (C=O) groups is 1. The molecule has 3 rings (SSSR count). The number of hydrogen-bond donors (Lipinski definition) is 2. The van der Waals surface area contributed by atoms with Gasteiger partial charge in [0.25, 0.3) is 0 Å². The van der Waals surface area contributed by atoms with E-state index >= 15 is 0 Å². The van der Waals surface area contributed by atoms with Crippen LogP contribution in [0.2, 0.25) is 0 Å². The van der Waals surface area contributed by atoms with Crippen molar-refractivity contribution in [3.63, 3.8) is 0 Å². The highest BCUT2D eigenvalue weighted by atomic mass is 16.2. The molecule has 2 N–H and O–H groups in total. The van der Waals surface area contributed by atoms with E-state index in [0.717, 1.165) is 38.3 Å². The van der Waals surface area contributed by atoms with Crippen LogP contribution in [0.15, 0.2) is 29.3 Å². The number of rotatable bonds is 5. The van der Waals surface area contributed by atoms with E-state index in [4.69, 9.17) is 0 Å². The maximum absolute atomic E-state index is 12.1. The van der Waals surface area contributed by atoms with Crippen molar-refractivity contribution in [1.29, 1.82) is 0 Å². The monoisotopic (exact) mass is 399 g/mol. The molecule has 0 bridgehead atoms. The highest BCUT2D eigenvalue weighted by Gasteiger charge is 2.32. The molecule has 1 aromatic carbocycles. The van der Waals surface area contributed by atoms with E-state index < -0.39 is 0 Å². The van der Waals surface area contributed by atoms with E-state index in [-0.39, 0.29) is 12.5 Å². The summed E-state index contributed by atoms with van der Waals surface area (Å²) in [6, 6.07) is 9.92. The van der Waals surface area contributed by atoms with E-state index in [9.17, 15) is 4.79 Å². The third kappa shape index (κ3) is 5.72. The minimum atomic E-state index is 0.0170. The lowest BCUT2D eigenvalue weighted by Gasteiger charge is -2.29. The minimum absolute atomic E-state index is 0.0170. The Hall–Kier alpha value is -2.08. The van der Waals surface area contributed by atoms with Crippen molar-refractivity contribution >= 4 is 11.9 Å². The molecule has 2 aliphatic rings. The number of fused-ring (bicyclic) bond motifs is 1. The summed E-state index contributed by atoms with van der Waals surface area (Å²) >= 11 is 0. The Balaban J connectivity index is 1.68. The molecule has 0 aromatic heterocycles. The van der Waals surface area contributed by atoms with Gasteiger partial charge in [0.15, 0.2) is 5.96 Å². The van der Waals surface area contributed by atoms with Crippen LogP contribution in [0.4, 0.5) is 0 Å². The summed E-state index contributed by atoms with van der Waals surface area (Å²) in [7, 11) is 3.55. The first-order valence-corrected chi connectivity index (χ1v) is 10.9. The first kappa shape index (κ1) is 21.6. The van der Waals surface area contributed by atoms with Crippen LogP contribution in [0.5, 0.6) is 0 Å². The fraction of sp³-hybridized carbons (Fsp3) is 0.652. The van der Waals surface area contributed by atoms with E-state index in [1.807, 2.05) is 0 Å². The Labute approximate surface area is 175 Å². The number of aryl methyl sites for hydroxylation is 1. The Morgan fingerprint density at radius 3 is 2.59 bits per heavy atom. The summed E-state index contributed by atoms with van der Waals surface area (Å²) < 4.78 is 0. The smallest absolute Gasteiger partial charge is 0.243 e. The Morgan fingerprint density at radius 1 is 1.21 bits per heavy atom. The molecule has 1 fully saturated rings. The molecule has 3 unspecified atom stereocenters. The number of nitrogens with zero attached hydrogens (tertiary/aromatic N) is 3. The third-order valence-corrected chi connectivity index (χ3v) is 6.25. The summed E-state index contributed by atoms with van der Waals surface area (Å²) in [5, 5.41) is 7.27. The molecule has 1 heterocycles. The molecule has 0 radical (unpaired) electrons. The molecule has 160 valence electrons. The number of nitrogens with one attached hydrogen (secondary N) is 2. The molecular weight excluding hydrogens is 362 g/mol. The topological polar surface area (TPSA) is 60.0 Å². The lowest BCUT2D eigenvalue weighted by atomic mass is 9.88. The van der Waals surface area contributed by atoms with E-state index in [2.05, 4.69) is 65.6 Å². The van der Waals surface area contributed by atoms with Crippen molar-refractivity contribution in [2.24, 2.45) is 10.9 Å². The number of likely N-dealkylation sites (tertiary alicyclic amines) is 1. The predicted octanol–water partition coefficient (Wildman–Crippen LogP) is 1.90. The van der Waals surface area contributed by atoms with Gasteiger partial charge in [0.05, 0.1) is 0 Å². The van der Waals surface area contributed by atoms with E-state index in [1.54, 1.807) is 19.0 Å². The number of hydrogen-bond acceptors (Lipinski definition) is 3. The zero-order valence-electron chi connectivity index (χ0n) is 18.6. The highest BCUT2D eigenvalue weighted by Crippen LogP contribution is 2.22. The third-order valence-electron chi connectivity index (χ3n) is 6.25. The molecule has 0 spiro atoms. The summed E-state index contributed by atoms with van der Waals surface area (Å²) in [4.78, 5) is 20.8. The summed E-state index contributed by atoms with van der Waals surface area (Å²) in [5.74, 6) is 1.33. The van der Waals surface area contributed by atoms with Crippen molar-refractivity contribution < 1.29 is 4.79 Å². The number of carbonyl (C=O) groups excluding carboxylic acids is 1. The van der Waals surface area contributed by atoms with Crippen molar-refractivity contribution in [2.45, 2.75) is 58.2 Å². The van der Waals surface area contributed by atoms with Gasteiger partial charge >= 0.3 is 0 Å². The predicted molar refractivity (Wildman–Crippen MR) is 119 cm³/mol. The van der Waals surface area contributed by atoms with Crippen LogP contribution >= 0.6 is 0 Å². The maximum atomic E-state index is 12.1. The van der Waals surface area contributed by atoms with Gasteiger partial charge in [-0.2, -0.15) is 0 Å². The Bertz CT molecular complexity index is 730. The van der Waals surface area contributed by atoms with Gasteiger partial charge in [-0.15, -0.1) is 0 Å². The highest BCUT2D eigenvalue weighted by molar-refractivity contribution is 5.85. The molecule has 29 heavy (non-hydrogen) atoms. The zero-order valence-corrected chi connectivity index (χ0v) is 18.6. The Morgan fingerprint density at radius 2 is 1.93 bits per heavy atom. The number of likely N-dealkylation sites (N-methyl/N-ethyl adjacent to an activating group) is 1. The van der Waals surface area contributed by atoms with Gasteiger partial charge < -0.3 is 15.5 Å². The van der Waals surface area contributed by atoms with Gasteiger partial charge in [-0.3, -0.25) is 9.69 Å².